The van der Waals surface area contributed by atoms with Gasteiger partial charge in [-0.15, -0.1) is 0 Å². The molecule has 0 aromatic heterocycles. The topological polar surface area (TPSA) is 91.8 Å². The highest BCUT2D eigenvalue weighted by Crippen LogP contribution is 2.21. The van der Waals surface area contributed by atoms with E-state index in [0.29, 0.717) is 24.9 Å². The summed E-state index contributed by atoms with van der Waals surface area (Å²) in [5, 5.41) is 9.09. The minimum absolute atomic E-state index is 0.00644. The summed E-state index contributed by atoms with van der Waals surface area (Å²) in [6.07, 6.45) is 1.11. The number of carboxylic acids is 1. The van der Waals surface area contributed by atoms with Crippen molar-refractivity contribution in [1.82, 2.24) is 4.90 Å². The van der Waals surface area contributed by atoms with Gasteiger partial charge in [-0.3, -0.25) is 4.79 Å². The lowest BCUT2D eigenvalue weighted by Crippen LogP contribution is -2.40. The van der Waals surface area contributed by atoms with Crippen molar-refractivity contribution in [2.75, 3.05) is 12.3 Å². The highest BCUT2D eigenvalue weighted by molar-refractivity contribution is 7.91. The lowest BCUT2D eigenvalue weighted by atomic mass is 10.1. The van der Waals surface area contributed by atoms with Gasteiger partial charge in [-0.2, -0.15) is 0 Å². The van der Waals surface area contributed by atoms with E-state index in [0.717, 1.165) is 0 Å². The minimum Gasteiger partial charge on any atom is -0.480 e. The van der Waals surface area contributed by atoms with E-state index >= 15 is 0 Å². The molecule has 1 heterocycles. The number of carbonyl (C=O) groups is 2. The van der Waals surface area contributed by atoms with E-state index in [1.807, 2.05) is 0 Å². The third-order valence-electron chi connectivity index (χ3n) is 3.64. The zero-order valence-corrected chi connectivity index (χ0v) is 12.5. The van der Waals surface area contributed by atoms with Gasteiger partial charge < -0.3 is 10.0 Å². The first-order valence-electron chi connectivity index (χ1n) is 6.73. The molecule has 0 unspecified atom stereocenters. The largest absolute Gasteiger partial charge is 0.480 e. The number of likely N-dealkylation sites (tertiary alicyclic amines) is 1. The van der Waals surface area contributed by atoms with Crippen LogP contribution in [0.3, 0.4) is 0 Å². The highest BCUT2D eigenvalue weighted by Gasteiger charge is 2.34. The molecule has 7 heteroatoms. The van der Waals surface area contributed by atoms with Gasteiger partial charge in [0.05, 0.1) is 10.6 Å². The van der Waals surface area contributed by atoms with Crippen molar-refractivity contribution in [3.63, 3.8) is 0 Å². The molecule has 1 fully saturated rings. The first-order valence-corrected chi connectivity index (χ1v) is 8.38. The Morgan fingerprint density at radius 3 is 2.43 bits per heavy atom. The Morgan fingerprint density at radius 2 is 1.90 bits per heavy atom. The Labute approximate surface area is 123 Å². The molecule has 1 aliphatic heterocycles. The van der Waals surface area contributed by atoms with Gasteiger partial charge in [-0.1, -0.05) is 6.92 Å². The molecule has 1 aliphatic rings. The van der Waals surface area contributed by atoms with Crippen molar-refractivity contribution >= 4 is 21.7 Å². The second-order valence-electron chi connectivity index (χ2n) is 4.92. The van der Waals surface area contributed by atoms with E-state index in [2.05, 4.69) is 0 Å². The SMILES string of the molecule is CCS(=O)(=O)c1ccc(C(=O)N2CCC[C@@H]2C(=O)O)cc1. The molecule has 1 saturated heterocycles. The third-order valence-corrected chi connectivity index (χ3v) is 5.39. The first kappa shape index (κ1) is 15.5. The van der Waals surface area contributed by atoms with Crippen LogP contribution in [0.1, 0.15) is 30.1 Å². The number of carbonyl (C=O) groups excluding carboxylic acids is 1. The Hall–Kier alpha value is -1.89. The number of nitrogens with zero attached hydrogens (tertiary/aromatic N) is 1. The molecule has 21 heavy (non-hydrogen) atoms. The second kappa shape index (κ2) is 5.85. The quantitative estimate of drug-likeness (QED) is 0.901. The maximum Gasteiger partial charge on any atom is 0.326 e. The second-order valence-corrected chi connectivity index (χ2v) is 7.20. The minimum atomic E-state index is -3.30. The fourth-order valence-electron chi connectivity index (χ4n) is 2.40. The molecule has 1 amide bonds. The number of rotatable bonds is 4. The molecule has 0 spiro atoms. The summed E-state index contributed by atoms with van der Waals surface area (Å²) in [6.45, 7) is 1.96. The Morgan fingerprint density at radius 1 is 1.29 bits per heavy atom. The van der Waals surface area contributed by atoms with Crippen molar-refractivity contribution in [2.45, 2.75) is 30.7 Å². The van der Waals surface area contributed by atoms with Gasteiger partial charge in [0.1, 0.15) is 6.04 Å². The normalized spacial score (nSPS) is 18.7. The zero-order valence-electron chi connectivity index (χ0n) is 11.7. The standard InChI is InChI=1S/C14H17NO5S/c1-2-21(19,20)11-7-5-10(6-8-11)13(16)15-9-3-4-12(15)14(17)18/h5-8,12H,2-4,9H2,1H3,(H,17,18)/t12-/m1/s1. The first-order chi connectivity index (χ1) is 9.86. The van der Waals surface area contributed by atoms with Gasteiger partial charge in [0.25, 0.3) is 5.91 Å². The van der Waals surface area contributed by atoms with Crippen molar-refractivity contribution in [3.05, 3.63) is 29.8 Å². The Balaban J connectivity index is 2.23. The molecule has 0 aliphatic carbocycles. The van der Waals surface area contributed by atoms with Gasteiger partial charge in [-0.25, -0.2) is 13.2 Å². The fourth-order valence-corrected chi connectivity index (χ4v) is 3.29. The number of benzene rings is 1. The van der Waals surface area contributed by atoms with Crippen LogP contribution >= 0.6 is 0 Å². The maximum absolute atomic E-state index is 12.3. The number of hydrogen-bond donors (Lipinski definition) is 1. The molecule has 0 saturated carbocycles. The van der Waals surface area contributed by atoms with E-state index in [4.69, 9.17) is 5.11 Å². The van der Waals surface area contributed by atoms with Crippen molar-refractivity contribution < 1.29 is 23.1 Å². The Bertz CT molecular complexity index is 650. The van der Waals surface area contributed by atoms with E-state index in [9.17, 15) is 18.0 Å². The van der Waals surface area contributed by atoms with Crippen LogP contribution in [-0.4, -0.2) is 48.6 Å². The van der Waals surface area contributed by atoms with Crippen LogP contribution < -0.4 is 0 Å². The van der Waals surface area contributed by atoms with Crippen LogP contribution in [0.25, 0.3) is 0 Å². The van der Waals surface area contributed by atoms with E-state index in [-0.39, 0.29) is 16.6 Å². The van der Waals surface area contributed by atoms with Gasteiger partial charge in [0.2, 0.25) is 0 Å². The van der Waals surface area contributed by atoms with Crippen molar-refractivity contribution in [2.24, 2.45) is 0 Å². The smallest absolute Gasteiger partial charge is 0.326 e. The molecular weight excluding hydrogens is 294 g/mol. The zero-order chi connectivity index (χ0) is 15.6. The van der Waals surface area contributed by atoms with Gasteiger partial charge in [0, 0.05) is 12.1 Å². The molecule has 1 atom stereocenters. The van der Waals surface area contributed by atoms with Gasteiger partial charge in [0.15, 0.2) is 9.84 Å². The number of aliphatic carboxylic acids is 1. The summed E-state index contributed by atoms with van der Waals surface area (Å²) in [4.78, 5) is 24.9. The van der Waals surface area contributed by atoms with Crippen LogP contribution in [0.15, 0.2) is 29.2 Å². The lowest BCUT2D eigenvalue weighted by Gasteiger charge is -2.21. The molecule has 0 bridgehead atoms. The molecule has 6 nitrogen and oxygen atoms in total. The van der Waals surface area contributed by atoms with Crippen LogP contribution in [0, 0.1) is 0 Å². The summed E-state index contributed by atoms with van der Waals surface area (Å²) in [7, 11) is -3.30. The number of hydrogen-bond acceptors (Lipinski definition) is 4. The molecule has 1 aromatic rings. The monoisotopic (exact) mass is 311 g/mol. The molecule has 114 valence electrons. The van der Waals surface area contributed by atoms with Gasteiger partial charge in [-0.05, 0) is 37.1 Å². The average molecular weight is 311 g/mol. The summed E-state index contributed by atoms with van der Waals surface area (Å²) < 4.78 is 23.4. The van der Waals surface area contributed by atoms with Crippen LogP contribution in [0.2, 0.25) is 0 Å². The summed E-state index contributed by atoms with van der Waals surface area (Å²) in [5.41, 5.74) is 0.304. The Kier molecular flexibility index (Phi) is 4.32. The predicted octanol–water partition coefficient (Wildman–Crippen LogP) is 1.17. The van der Waals surface area contributed by atoms with E-state index in [1.165, 1.54) is 29.2 Å². The summed E-state index contributed by atoms with van der Waals surface area (Å²) in [5.74, 6) is -1.39. The summed E-state index contributed by atoms with van der Waals surface area (Å²) >= 11 is 0. The van der Waals surface area contributed by atoms with Crippen LogP contribution in [0.4, 0.5) is 0 Å². The number of amides is 1. The fraction of sp³-hybridized carbons (Fsp3) is 0.429. The van der Waals surface area contributed by atoms with E-state index in [1.54, 1.807) is 6.92 Å². The third kappa shape index (κ3) is 3.07. The van der Waals surface area contributed by atoms with Crippen LogP contribution in [0.5, 0.6) is 0 Å². The molecule has 2 rings (SSSR count). The number of sulfone groups is 1. The predicted molar refractivity (Wildman–Crippen MR) is 75.9 cm³/mol. The molecule has 1 aromatic carbocycles. The maximum atomic E-state index is 12.3. The summed E-state index contributed by atoms with van der Waals surface area (Å²) in [6, 6.07) is 4.84. The van der Waals surface area contributed by atoms with Crippen LogP contribution in [-0.2, 0) is 14.6 Å². The lowest BCUT2D eigenvalue weighted by molar-refractivity contribution is -0.141. The number of carboxylic acid groups (broad SMARTS) is 1. The average Bonchev–Trinajstić information content (AvgIpc) is 2.96. The molecule has 0 radical (unpaired) electrons. The highest BCUT2D eigenvalue weighted by atomic mass is 32.2. The van der Waals surface area contributed by atoms with Crippen molar-refractivity contribution in [1.29, 1.82) is 0 Å². The van der Waals surface area contributed by atoms with E-state index < -0.39 is 21.8 Å². The van der Waals surface area contributed by atoms with Crippen molar-refractivity contribution in [3.8, 4) is 0 Å². The van der Waals surface area contributed by atoms with Gasteiger partial charge >= 0.3 is 5.97 Å². The molecular formula is C14H17NO5S. The molecule has 1 N–H and O–H groups in total.